The van der Waals surface area contributed by atoms with Crippen molar-refractivity contribution >= 4 is 11.8 Å². The molecule has 184 valence electrons. The minimum absolute atomic E-state index is 0.0267. The van der Waals surface area contributed by atoms with E-state index in [9.17, 15) is 19.8 Å². The van der Waals surface area contributed by atoms with Gasteiger partial charge in [-0.1, -0.05) is 63.5 Å². The summed E-state index contributed by atoms with van der Waals surface area (Å²) in [4.78, 5) is 25.1. The molecule has 0 aromatic rings. The molecule has 2 aliphatic carbocycles. The van der Waals surface area contributed by atoms with E-state index >= 15 is 0 Å². The maximum atomic E-state index is 12.7. The molecule has 33 heavy (non-hydrogen) atoms. The van der Waals surface area contributed by atoms with Gasteiger partial charge >= 0.3 is 5.97 Å². The Hall–Kier alpha value is -1.98. The van der Waals surface area contributed by atoms with Crippen LogP contribution < -0.4 is 0 Å². The second kappa shape index (κ2) is 12.5. The summed E-state index contributed by atoms with van der Waals surface area (Å²) in [6.45, 7) is 9.83. The van der Waals surface area contributed by atoms with Crippen LogP contribution in [0.1, 0.15) is 79.6 Å². The average molecular weight is 459 g/mol. The fourth-order valence-electron chi connectivity index (χ4n) is 5.25. The molecule has 0 amide bonds. The Morgan fingerprint density at radius 3 is 2.61 bits per heavy atom. The van der Waals surface area contributed by atoms with E-state index in [0.717, 1.165) is 12.0 Å². The number of esters is 1. The van der Waals surface area contributed by atoms with Crippen molar-refractivity contribution < 1.29 is 24.5 Å². The summed E-state index contributed by atoms with van der Waals surface area (Å²) in [6.07, 6.45) is 14.4. The van der Waals surface area contributed by atoms with Crippen LogP contribution in [-0.2, 0) is 14.3 Å². The van der Waals surface area contributed by atoms with Crippen LogP contribution >= 0.6 is 0 Å². The maximum absolute atomic E-state index is 12.7. The van der Waals surface area contributed by atoms with Gasteiger partial charge in [-0.3, -0.25) is 4.79 Å². The molecule has 2 rings (SSSR count). The van der Waals surface area contributed by atoms with E-state index in [0.29, 0.717) is 30.4 Å². The lowest BCUT2D eigenvalue weighted by atomic mass is 9.53. The Labute approximate surface area is 199 Å². The van der Waals surface area contributed by atoms with Crippen molar-refractivity contribution in [3.63, 3.8) is 0 Å². The van der Waals surface area contributed by atoms with Crippen molar-refractivity contribution in [2.45, 2.75) is 91.8 Å². The number of fused-ring (bicyclic) bond motifs is 1. The Kier molecular flexibility index (Phi) is 10.3. The molecule has 2 fully saturated rings. The number of rotatable bonds is 9. The molecule has 0 unspecified atom stereocenters. The zero-order valence-corrected chi connectivity index (χ0v) is 21.0. The number of aliphatic hydroxyl groups is 2. The molecule has 0 spiro atoms. The summed E-state index contributed by atoms with van der Waals surface area (Å²) in [5, 5.41) is 20.2. The summed E-state index contributed by atoms with van der Waals surface area (Å²) >= 11 is 0. The minimum Gasteiger partial charge on any atom is -0.459 e. The van der Waals surface area contributed by atoms with E-state index in [1.807, 2.05) is 19.9 Å². The maximum Gasteiger partial charge on any atom is 0.331 e. The first-order chi connectivity index (χ1) is 15.7. The number of unbranched alkanes of at least 4 members (excludes halogenated alkanes) is 3. The number of hydrogen-bond donors (Lipinski definition) is 2. The zero-order valence-electron chi connectivity index (χ0n) is 21.0. The van der Waals surface area contributed by atoms with Gasteiger partial charge < -0.3 is 14.9 Å². The predicted octanol–water partition coefficient (Wildman–Crippen LogP) is 5.23. The average Bonchev–Trinajstić information content (AvgIpc) is 2.78. The number of aliphatic hydroxyl groups excluding tert-OH is 2. The third kappa shape index (κ3) is 6.77. The van der Waals surface area contributed by atoms with Crippen LogP contribution in [0.2, 0.25) is 0 Å². The first-order valence-corrected chi connectivity index (χ1v) is 12.4. The standard InChI is InChI=1S/C28H42O5/c1-6-7-8-9-10-12-19(2)13-11-14-25(30)33-24-16-15-23-27(32)26(31)22(20(3)18-29)17-28(23,5)21(24)4/h10-14,21,23-24,27,29,32H,6-9,15-18H2,1-5H3/b12-10+,14-11+,19-13+,22-20+/t21-,23-,24+,27-,28+/m0/s1. The lowest BCUT2D eigenvalue weighted by Gasteiger charge is -2.53. The number of ether oxygens (including phenoxy) is 1. The molecule has 5 heteroatoms. The smallest absolute Gasteiger partial charge is 0.331 e. The van der Waals surface area contributed by atoms with Crippen molar-refractivity contribution in [2.24, 2.45) is 17.3 Å². The summed E-state index contributed by atoms with van der Waals surface area (Å²) in [6, 6.07) is 0. The van der Waals surface area contributed by atoms with Gasteiger partial charge in [0, 0.05) is 6.08 Å². The number of allylic oxidation sites excluding steroid dienone is 5. The third-order valence-electron chi connectivity index (χ3n) is 7.68. The number of Topliss-reactive ketones (excluding diaryl/α,β-unsaturated/α-hetero) is 1. The molecule has 5 atom stereocenters. The van der Waals surface area contributed by atoms with Crippen molar-refractivity contribution in [3.8, 4) is 0 Å². The predicted molar refractivity (Wildman–Crippen MR) is 131 cm³/mol. The molecule has 0 aromatic heterocycles. The Balaban J connectivity index is 2.01. The highest BCUT2D eigenvalue weighted by Crippen LogP contribution is 2.54. The first kappa shape index (κ1) is 27.3. The molecular weight excluding hydrogens is 416 g/mol. The molecule has 0 aliphatic heterocycles. The van der Waals surface area contributed by atoms with E-state index in [2.05, 4.69) is 26.0 Å². The fraction of sp³-hybridized carbons (Fsp3) is 0.643. The molecule has 2 N–H and O–H groups in total. The first-order valence-electron chi connectivity index (χ1n) is 12.4. The quantitative estimate of drug-likeness (QED) is 0.214. The van der Waals surface area contributed by atoms with Crippen LogP contribution in [-0.4, -0.2) is 40.8 Å². The SMILES string of the molecule is CCCCC/C=C/C(C)=C/C=C/C(=O)O[C@@H]1CC[C@H]2[C@H](O)C(=O)/C(=C(\C)CO)C[C@]2(C)[C@H]1C. The van der Waals surface area contributed by atoms with E-state index in [4.69, 9.17) is 4.74 Å². The number of ketones is 1. The van der Waals surface area contributed by atoms with Gasteiger partial charge in [-0.05, 0) is 74.3 Å². The molecule has 0 bridgehead atoms. The van der Waals surface area contributed by atoms with Gasteiger partial charge in [0.05, 0.1) is 6.61 Å². The van der Waals surface area contributed by atoms with Crippen LogP contribution in [0.15, 0.2) is 47.1 Å². The third-order valence-corrected chi connectivity index (χ3v) is 7.68. The lowest BCUT2D eigenvalue weighted by molar-refractivity contribution is -0.164. The van der Waals surface area contributed by atoms with Gasteiger partial charge in [-0.15, -0.1) is 0 Å². The molecule has 2 saturated carbocycles. The summed E-state index contributed by atoms with van der Waals surface area (Å²) < 4.78 is 5.80. The Morgan fingerprint density at radius 2 is 1.94 bits per heavy atom. The lowest BCUT2D eigenvalue weighted by Crippen LogP contribution is -2.55. The van der Waals surface area contributed by atoms with Gasteiger partial charge in [0.15, 0.2) is 5.78 Å². The molecule has 5 nitrogen and oxygen atoms in total. The van der Waals surface area contributed by atoms with E-state index in [1.165, 1.54) is 25.3 Å². The minimum atomic E-state index is -1.07. The molecule has 0 aromatic carbocycles. The van der Waals surface area contributed by atoms with Gasteiger partial charge in [-0.2, -0.15) is 0 Å². The van der Waals surface area contributed by atoms with E-state index in [1.54, 1.807) is 13.0 Å². The van der Waals surface area contributed by atoms with Crippen LogP contribution in [0.25, 0.3) is 0 Å². The largest absolute Gasteiger partial charge is 0.459 e. The van der Waals surface area contributed by atoms with Crippen LogP contribution in [0.3, 0.4) is 0 Å². The van der Waals surface area contributed by atoms with Crippen molar-refractivity contribution in [3.05, 3.63) is 47.1 Å². The second-order valence-electron chi connectivity index (χ2n) is 10.0. The zero-order chi connectivity index (χ0) is 24.6. The van der Waals surface area contributed by atoms with Gasteiger partial charge in [-0.25, -0.2) is 4.79 Å². The van der Waals surface area contributed by atoms with Gasteiger partial charge in [0.2, 0.25) is 0 Å². The molecule has 0 heterocycles. The highest BCUT2D eigenvalue weighted by Gasteiger charge is 2.55. The Morgan fingerprint density at radius 1 is 1.21 bits per heavy atom. The van der Waals surface area contributed by atoms with E-state index in [-0.39, 0.29) is 41.7 Å². The van der Waals surface area contributed by atoms with Crippen LogP contribution in [0, 0.1) is 17.3 Å². The summed E-state index contributed by atoms with van der Waals surface area (Å²) in [5.41, 5.74) is 1.82. The van der Waals surface area contributed by atoms with Crippen molar-refractivity contribution in [1.29, 1.82) is 0 Å². The molecule has 2 aliphatic rings. The number of hydrogen-bond acceptors (Lipinski definition) is 5. The molecule has 0 radical (unpaired) electrons. The second-order valence-corrected chi connectivity index (χ2v) is 10.0. The number of carbonyl (C=O) groups is 2. The normalized spacial score (nSPS) is 32.3. The van der Waals surface area contributed by atoms with Gasteiger partial charge in [0.25, 0.3) is 0 Å². The van der Waals surface area contributed by atoms with Gasteiger partial charge in [0.1, 0.15) is 12.2 Å². The summed E-state index contributed by atoms with van der Waals surface area (Å²) in [5.74, 6) is -0.840. The Bertz CT molecular complexity index is 818. The molecule has 0 saturated heterocycles. The topological polar surface area (TPSA) is 83.8 Å². The monoisotopic (exact) mass is 458 g/mol. The number of carbonyl (C=O) groups excluding carboxylic acids is 2. The molecular formula is C28H42O5. The summed E-state index contributed by atoms with van der Waals surface area (Å²) in [7, 11) is 0. The highest BCUT2D eigenvalue weighted by molar-refractivity contribution is 6.00. The van der Waals surface area contributed by atoms with Crippen molar-refractivity contribution in [2.75, 3.05) is 6.61 Å². The highest BCUT2D eigenvalue weighted by atomic mass is 16.5. The van der Waals surface area contributed by atoms with Crippen LogP contribution in [0.5, 0.6) is 0 Å². The van der Waals surface area contributed by atoms with Crippen LogP contribution in [0.4, 0.5) is 0 Å². The van der Waals surface area contributed by atoms with Crippen molar-refractivity contribution in [1.82, 2.24) is 0 Å². The fourth-order valence-corrected chi connectivity index (χ4v) is 5.25. The van der Waals surface area contributed by atoms with E-state index < -0.39 is 6.10 Å².